The molecule has 0 saturated heterocycles. The second-order valence-electron chi connectivity index (χ2n) is 4.79. The fourth-order valence-corrected chi connectivity index (χ4v) is 3.36. The van der Waals surface area contributed by atoms with Gasteiger partial charge >= 0.3 is 0 Å². The summed E-state index contributed by atoms with van der Waals surface area (Å²) >= 11 is 5.92. The number of furan rings is 1. The highest BCUT2D eigenvalue weighted by atomic mass is 35.5. The van der Waals surface area contributed by atoms with Crippen LogP contribution in [0, 0.1) is 0 Å². The van der Waals surface area contributed by atoms with E-state index < -0.39 is 10.0 Å². The van der Waals surface area contributed by atoms with Gasteiger partial charge in [-0.15, -0.1) is 0 Å². The molecular weight excluding hydrogens is 330 g/mol. The van der Waals surface area contributed by atoms with Crippen molar-refractivity contribution in [1.29, 1.82) is 0 Å². The first-order valence-corrected chi connectivity index (χ1v) is 8.21. The Hall–Kier alpha value is -1.87. The molecule has 3 rings (SSSR count). The molecule has 2 heterocycles. The van der Waals surface area contributed by atoms with Crippen LogP contribution in [0.1, 0.15) is 21.7 Å². The number of hydrogen-bond acceptors (Lipinski definition) is 5. The Morgan fingerprint density at radius 3 is 2.82 bits per heavy atom. The van der Waals surface area contributed by atoms with Crippen LogP contribution in [0.4, 0.5) is 0 Å². The molecule has 0 aliphatic carbocycles. The third kappa shape index (κ3) is 2.73. The van der Waals surface area contributed by atoms with E-state index in [1.54, 1.807) is 12.1 Å². The molecule has 22 heavy (non-hydrogen) atoms. The van der Waals surface area contributed by atoms with Crippen molar-refractivity contribution in [3.63, 3.8) is 0 Å². The summed E-state index contributed by atoms with van der Waals surface area (Å²) in [7, 11) is -4.00. The van der Waals surface area contributed by atoms with E-state index in [4.69, 9.17) is 21.2 Å². The van der Waals surface area contributed by atoms with E-state index in [-0.39, 0.29) is 27.9 Å². The summed E-state index contributed by atoms with van der Waals surface area (Å²) in [6, 6.07) is 6.11. The van der Waals surface area contributed by atoms with E-state index in [1.807, 2.05) is 0 Å². The van der Waals surface area contributed by atoms with Crippen LogP contribution >= 0.6 is 11.6 Å². The summed E-state index contributed by atoms with van der Waals surface area (Å²) in [6.45, 7) is 0.561. The van der Waals surface area contributed by atoms with Crippen molar-refractivity contribution in [3.05, 3.63) is 52.4 Å². The predicted molar refractivity (Wildman–Crippen MR) is 78.2 cm³/mol. The van der Waals surface area contributed by atoms with E-state index >= 15 is 0 Å². The van der Waals surface area contributed by atoms with Crippen LogP contribution in [0.2, 0.25) is 5.02 Å². The summed E-state index contributed by atoms with van der Waals surface area (Å²) in [5.74, 6) is 0.226. The molecule has 9 heteroatoms. The first kappa shape index (κ1) is 15.0. The minimum Gasteiger partial charge on any atom is -0.467 e. The molecule has 0 saturated carbocycles. The highest BCUT2D eigenvalue weighted by Gasteiger charge is 2.28. The molecular formula is C13H12ClN3O4S. The Bertz CT molecular complexity index is 833. The van der Waals surface area contributed by atoms with Gasteiger partial charge in [0.15, 0.2) is 0 Å². The van der Waals surface area contributed by atoms with E-state index in [9.17, 15) is 13.2 Å². The summed E-state index contributed by atoms with van der Waals surface area (Å²) in [5.41, 5.74) is 3.79. The Labute approximate surface area is 131 Å². The topological polar surface area (TPSA) is 106 Å². The molecule has 0 radical (unpaired) electrons. The Kier molecular flexibility index (Phi) is 3.69. The number of carbonyl (C=O) groups excluding carboxylic acids is 1. The van der Waals surface area contributed by atoms with Crippen molar-refractivity contribution in [3.8, 4) is 0 Å². The van der Waals surface area contributed by atoms with Gasteiger partial charge in [-0.1, -0.05) is 11.6 Å². The van der Waals surface area contributed by atoms with Gasteiger partial charge < -0.3 is 4.42 Å². The fraction of sp³-hybridized carbons (Fsp3) is 0.154. The number of hydrazine groups is 1. The quantitative estimate of drug-likeness (QED) is 0.873. The summed E-state index contributed by atoms with van der Waals surface area (Å²) in [5, 5.41) is 6.46. The molecule has 1 aromatic heterocycles. The molecule has 7 nitrogen and oxygen atoms in total. The number of nitrogens with one attached hydrogen (secondary N) is 1. The van der Waals surface area contributed by atoms with Crippen molar-refractivity contribution >= 4 is 27.5 Å². The fourth-order valence-electron chi connectivity index (χ4n) is 2.24. The first-order chi connectivity index (χ1) is 10.4. The van der Waals surface area contributed by atoms with Gasteiger partial charge in [-0.25, -0.2) is 19.0 Å². The standard InChI is InChI=1S/C13H12ClN3O4S/c14-11-4-8-6-16-17(7-9-2-1-3-21-9)13(18)10(8)5-12(11)22(15,19)20/h1-5,16H,6-7H2,(H2,15,19,20). The SMILES string of the molecule is NS(=O)(=O)c1cc2c(cc1Cl)CNN(Cc1ccco1)C2=O. The maximum Gasteiger partial charge on any atom is 0.268 e. The lowest BCUT2D eigenvalue weighted by atomic mass is 10.0. The number of rotatable bonds is 3. The zero-order valence-corrected chi connectivity index (χ0v) is 12.8. The van der Waals surface area contributed by atoms with Crippen LogP contribution in [-0.2, 0) is 23.1 Å². The van der Waals surface area contributed by atoms with Gasteiger partial charge in [-0.2, -0.15) is 0 Å². The minimum absolute atomic E-state index is 0.00432. The number of nitrogens with two attached hydrogens (primary N) is 1. The Morgan fingerprint density at radius 1 is 1.41 bits per heavy atom. The molecule has 0 fully saturated rings. The Balaban J connectivity index is 1.98. The average molecular weight is 342 g/mol. The molecule has 0 unspecified atom stereocenters. The molecule has 1 aromatic carbocycles. The maximum atomic E-state index is 12.5. The van der Waals surface area contributed by atoms with E-state index in [2.05, 4.69) is 5.43 Å². The van der Waals surface area contributed by atoms with Crippen LogP contribution in [-0.4, -0.2) is 19.3 Å². The van der Waals surface area contributed by atoms with Crippen LogP contribution in [0.15, 0.2) is 39.8 Å². The minimum atomic E-state index is -4.00. The van der Waals surface area contributed by atoms with Crippen LogP contribution in [0.3, 0.4) is 0 Å². The van der Waals surface area contributed by atoms with E-state index in [1.165, 1.54) is 23.4 Å². The Morgan fingerprint density at radius 2 is 2.18 bits per heavy atom. The van der Waals surface area contributed by atoms with E-state index in [0.29, 0.717) is 17.9 Å². The lowest BCUT2D eigenvalue weighted by Crippen LogP contribution is -2.46. The van der Waals surface area contributed by atoms with Gasteiger partial charge in [-0.3, -0.25) is 9.80 Å². The number of primary sulfonamides is 1. The third-order valence-corrected chi connectivity index (χ3v) is 4.67. The number of sulfonamides is 1. The molecule has 1 aliphatic heterocycles. The largest absolute Gasteiger partial charge is 0.467 e. The number of hydrogen-bond donors (Lipinski definition) is 2. The van der Waals surface area contributed by atoms with Crippen molar-refractivity contribution in [2.45, 2.75) is 18.0 Å². The highest BCUT2D eigenvalue weighted by Crippen LogP contribution is 2.28. The maximum absolute atomic E-state index is 12.5. The zero-order chi connectivity index (χ0) is 15.9. The summed E-state index contributed by atoms with van der Waals surface area (Å²) in [4.78, 5) is 12.2. The second-order valence-corrected chi connectivity index (χ2v) is 6.73. The lowest BCUT2D eigenvalue weighted by Gasteiger charge is -2.29. The number of halogens is 1. The molecule has 1 amide bonds. The van der Waals surface area contributed by atoms with Gasteiger partial charge in [0, 0.05) is 12.1 Å². The number of carbonyl (C=O) groups is 1. The number of benzene rings is 1. The van der Waals surface area contributed by atoms with Crippen LogP contribution in [0.25, 0.3) is 0 Å². The van der Waals surface area contributed by atoms with Crippen LogP contribution < -0.4 is 10.6 Å². The van der Waals surface area contributed by atoms with Crippen molar-refractivity contribution in [1.82, 2.24) is 10.4 Å². The smallest absolute Gasteiger partial charge is 0.268 e. The van der Waals surface area contributed by atoms with Gasteiger partial charge in [-0.05, 0) is 29.8 Å². The van der Waals surface area contributed by atoms with Gasteiger partial charge in [0.25, 0.3) is 5.91 Å². The van der Waals surface area contributed by atoms with Crippen LogP contribution in [0.5, 0.6) is 0 Å². The molecule has 3 N–H and O–H groups in total. The summed E-state index contributed by atoms with van der Waals surface area (Å²) in [6.07, 6.45) is 1.51. The predicted octanol–water partition coefficient (Wildman–Crippen LogP) is 1.24. The van der Waals surface area contributed by atoms with E-state index in [0.717, 1.165) is 0 Å². The first-order valence-electron chi connectivity index (χ1n) is 6.29. The zero-order valence-electron chi connectivity index (χ0n) is 11.2. The molecule has 0 atom stereocenters. The van der Waals surface area contributed by atoms with Gasteiger partial charge in [0.1, 0.15) is 10.7 Å². The number of fused-ring (bicyclic) bond motifs is 1. The molecule has 116 valence electrons. The average Bonchev–Trinajstić information content (AvgIpc) is 2.93. The van der Waals surface area contributed by atoms with Gasteiger partial charge in [0.05, 0.1) is 17.8 Å². The van der Waals surface area contributed by atoms with Gasteiger partial charge in [0.2, 0.25) is 10.0 Å². The monoisotopic (exact) mass is 341 g/mol. The second kappa shape index (κ2) is 5.40. The molecule has 0 bridgehead atoms. The summed E-state index contributed by atoms with van der Waals surface area (Å²) < 4.78 is 28.2. The highest BCUT2D eigenvalue weighted by molar-refractivity contribution is 7.89. The normalized spacial score (nSPS) is 15.0. The van der Waals surface area contributed by atoms with Crippen molar-refractivity contribution in [2.75, 3.05) is 0 Å². The molecule has 0 spiro atoms. The number of amides is 1. The molecule has 1 aliphatic rings. The lowest BCUT2D eigenvalue weighted by molar-refractivity contribution is 0.0585. The van der Waals surface area contributed by atoms with Crippen molar-refractivity contribution in [2.24, 2.45) is 5.14 Å². The van der Waals surface area contributed by atoms with Crippen molar-refractivity contribution < 1.29 is 17.6 Å². The molecule has 2 aromatic rings. The number of nitrogens with zero attached hydrogens (tertiary/aromatic N) is 1. The third-order valence-electron chi connectivity index (χ3n) is 3.29.